The van der Waals surface area contributed by atoms with Crippen LogP contribution in [0.25, 0.3) is 0 Å². The molecule has 0 spiro atoms. The molecule has 76 valence electrons. The van der Waals surface area contributed by atoms with Crippen LogP contribution in [0.5, 0.6) is 0 Å². The number of carboxylic acids is 1. The van der Waals surface area contributed by atoms with Gasteiger partial charge in [-0.2, -0.15) is 0 Å². The normalized spacial score (nSPS) is 41.8. The molecule has 0 aromatic carbocycles. The van der Waals surface area contributed by atoms with Crippen molar-refractivity contribution in [3.63, 3.8) is 0 Å². The molecule has 0 aromatic heterocycles. The molecule has 6 heteroatoms. The Morgan fingerprint density at radius 1 is 1.31 bits per heavy atom. The van der Waals surface area contributed by atoms with E-state index in [4.69, 9.17) is 5.11 Å². The van der Waals surface area contributed by atoms with Crippen LogP contribution in [-0.4, -0.2) is 69.2 Å². The van der Waals surface area contributed by atoms with Crippen LogP contribution < -0.4 is 0 Å². The summed E-state index contributed by atoms with van der Waals surface area (Å²) in [5.74, 6) is -1.21. The molecule has 0 aliphatic carbocycles. The number of aliphatic hydroxyl groups is 3. The molecule has 0 saturated carbocycles. The summed E-state index contributed by atoms with van der Waals surface area (Å²) >= 11 is 0. The number of hydrogen-bond donors (Lipinski definition) is 4. The number of nitrogens with zero attached hydrogens (tertiary/aromatic N) is 1. The van der Waals surface area contributed by atoms with Crippen molar-refractivity contribution in [3.05, 3.63) is 0 Å². The van der Waals surface area contributed by atoms with Crippen molar-refractivity contribution >= 4 is 5.97 Å². The van der Waals surface area contributed by atoms with Gasteiger partial charge in [0.15, 0.2) is 0 Å². The number of rotatable bonds is 1. The highest BCUT2D eigenvalue weighted by Gasteiger charge is 2.43. The van der Waals surface area contributed by atoms with E-state index in [-0.39, 0.29) is 6.54 Å². The van der Waals surface area contributed by atoms with Crippen molar-refractivity contribution in [3.8, 4) is 0 Å². The van der Waals surface area contributed by atoms with Gasteiger partial charge in [0.25, 0.3) is 0 Å². The molecule has 0 unspecified atom stereocenters. The molecule has 13 heavy (non-hydrogen) atoms. The molecule has 0 bridgehead atoms. The molecule has 4 atom stereocenters. The van der Waals surface area contributed by atoms with Crippen molar-refractivity contribution in [1.82, 2.24) is 4.90 Å². The van der Waals surface area contributed by atoms with Crippen LogP contribution >= 0.6 is 0 Å². The largest absolute Gasteiger partial charge is 0.480 e. The topological polar surface area (TPSA) is 101 Å². The number of aliphatic carboxylic acids is 1. The number of likely N-dealkylation sites (N-methyl/N-ethyl adjacent to an activating group) is 1. The van der Waals surface area contributed by atoms with E-state index < -0.39 is 30.3 Å². The zero-order valence-electron chi connectivity index (χ0n) is 7.16. The minimum Gasteiger partial charge on any atom is -0.480 e. The van der Waals surface area contributed by atoms with Crippen LogP contribution in [0.3, 0.4) is 0 Å². The highest BCUT2D eigenvalue weighted by atomic mass is 16.4. The van der Waals surface area contributed by atoms with E-state index in [0.29, 0.717) is 0 Å². The Balaban J connectivity index is 2.79. The van der Waals surface area contributed by atoms with Gasteiger partial charge in [-0.15, -0.1) is 0 Å². The van der Waals surface area contributed by atoms with Gasteiger partial charge in [0, 0.05) is 6.54 Å². The Morgan fingerprint density at radius 3 is 2.31 bits per heavy atom. The standard InChI is InChI=1S/C7H13NO5/c1-8-2-3(9)5(10)6(11)4(8)7(12)13/h3-6,9-11H,2H2,1H3,(H,12,13)/t3-,4+,5+,6+/m1/s1. The first-order chi connectivity index (χ1) is 5.95. The quantitative estimate of drug-likeness (QED) is 0.364. The molecule has 4 N–H and O–H groups in total. The fourth-order valence-electron chi connectivity index (χ4n) is 1.53. The summed E-state index contributed by atoms with van der Waals surface area (Å²) in [7, 11) is 1.47. The van der Waals surface area contributed by atoms with E-state index in [2.05, 4.69) is 0 Å². The van der Waals surface area contributed by atoms with Gasteiger partial charge in [0.2, 0.25) is 0 Å². The first kappa shape index (κ1) is 10.4. The Bertz CT molecular complexity index is 209. The molecule has 6 nitrogen and oxygen atoms in total. The Kier molecular flexibility index (Phi) is 2.87. The second kappa shape index (κ2) is 3.59. The first-order valence-electron chi connectivity index (χ1n) is 3.92. The summed E-state index contributed by atoms with van der Waals surface area (Å²) in [5, 5.41) is 36.4. The minimum absolute atomic E-state index is 0.0369. The summed E-state index contributed by atoms with van der Waals surface area (Å²) in [4.78, 5) is 11.9. The van der Waals surface area contributed by atoms with Crippen LogP contribution in [0.4, 0.5) is 0 Å². The maximum absolute atomic E-state index is 10.6. The van der Waals surface area contributed by atoms with Crippen molar-refractivity contribution in [1.29, 1.82) is 0 Å². The predicted octanol–water partition coefficient (Wildman–Crippen LogP) is -2.53. The summed E-state index contributed by atoms with van der Waals surface area (Å²) in [5.41, 5.74) is 0. The van der Waals surface area contributed by atoms with E-state index in [1.54, 1.807) is 0 Å². The molecule has 1 saturated heterocycles. The van der Waals surface area contributed by atoms with E-state index in [1.807, 2.05) is 0 Å². The van der Waals surface area contributed by atoms with Gasteiger partial charge in [0.05, 0.1) is 6.10 Å². The fraction of sp³-hybridized carbons (Fsp3) is 0.857. The smallest absolute Gasteiger partial charge is 0.323 e. The van der Waals surface area contributed by atoms with E-state index >= 15 is 0 Å². The molecular formula is C7H13NO5. The first-order valence-corrected chi connectivity index (χ1v) is 3.92. The van der Waals surface area contributed by atoms with Crippen molar-refractivity contribution in [2.45, 2.75) is 24.4 Å². The molecule has 1 rings (SSSR count). The molecular weight excluding hydrogens is 178 g/mol. The third-order valence-electron chi connectivity index (χ3n) is 2.27. The zero-order chi connectivity index (χ0) is 10.2. The highest BCUT2D eigenvalue weighted by molar-refractivity contribution is 5.74. The van der Waals surface area contributed by atoms with Gasteiger partial charge in [-0.1, -0.05) is 0 Å². The lowest BCUT2D eigenvalue weighted by Crippen LogP contribution is -2.62. The molecule has 1 aliphatic heterocycles. The maximum atomic E-state index is 10.6. The Hall–Kier alpha value is -0.690. The van der Waals surface area contributed by atoms with E-state index in [0.717, 1.165) is 0 Å². The van der Waals surface area contributed by atoms with Gasteiger partial charge >= 0.3 is 5.97 Å². The lowest BCUT2D eigenvalue weighted by Gasteiger charge is -2.39. The molecule has 1 aliphatic rings. The highest BCUT2D eigenvalue weighted by Crippen LogP contribution is 2.17. The third-order valence-corrected chi connectivity index (χ3v) is 2.27. The number of piperidine rings is 1. The van der Waals surface area contributed by atoms with Crippen molar-refractivity contribution in [2.75, 3.05) is 13.6 Å². The maximum Gasteiger partial charge on any atom is 0.323 e. The lowest BCUT2D eigenvalue weighted by molar-refractivity contribution is -0.167. The van der Waals surface area contributed by atoms with Crippen molar-refractivity contribution in [2.24, 2.45) is 0 Å². The second-order valence-electron chi connectivity index (χ2n) is 3.27. The van der Waals surface area contributed by atoms with E-state index in [1.165, 1.54) is 11.9 Å². The summed E-state index contributed by atoms with van der Waals surface area (Å²) in [6, 6.07) is -1.15. The zero-order valence-corrected chi connectivity index (χ0v) is 7.16. The third kappa shape index (κ3) is 1.80. The van der Waals surface area contributed by atoms with Gasteiger partial charge in [-0.25, -0.2) is 0 Å². The summed E-state index contributed by atoms with van der Waals surface area (Å²) < 4.78 is 0. The SMILES string of the molecule is CN1C[C@@H](O)[C@H](O)[C@@H](O)[C@H]1C(=O)O. The fourth-order valence-corrected chi connectivity index (χ4v) is 1.53. The average Bonchev–Trinajstić information content (AvgIpc) is 1.99. The van der Waals surface area contributed by atoms with Crippen LogP contribution in [0.15, 0.2) is 0 Å². The van der Waals surface area contributed by atoms with Gasteiger partial charge in [-0.05, 0) is 7.05 Å². The molecule has 1 heterocycles. The molecule has 1 fully saturated rings. The second-order valence-corrected chi connectivity index (χ2v) is 3.27. The number of carboxylic acid groups (broad SMARTS) is 1. The summed E-state index contributed by atoms with van der Waals surface area (Å²) in [6.45, 7) is 0.0369. The predicted molar refractivity (Wildman–Crippen MR) is 42.1 cm³/mol. The van der Waals surface area contributed by atoms with Crippen LogP contribution in [0.1, 0.15) is 0 Å². The van der Waals surface area contributed by atoms with Gasteiger partial charge < -0.3 is 20.4 Å². The number of carbonyl (C=O) groups is 1. The number of likely N-dealkylation sites (tertiary alicyclic amines) is 1. The average molecular weight is 191 g/mol. The van der Waals surface area contributed by atoms with Crippen LogP contribution in [0.2, 0.25) is 0 Å². The number of β-amino-alcohol motifs (C(OH)–C–C–N with tert-alkyl or cyclic N) is 1. The minimum atomic E-state index is -1.45. The molecule has 0 radical (unpaired) electrons. The van der Waals surface area contributed by atoms with Crippen molar-refractivity contribution < 1.29 is 25.2 Å². The van der Waals surface area contributed by atoms with Crippen LogP contribution in [-0.2, 0) is 4.79 Å². The van der Waals surface area contributed by atoms with E-state index in [9.17, 15) is 20.1 Å². The van der Waals surface area contributed by atoms with Gasteiger partial charge in [-0.3, -0.25) is 9.69 Å². The number of hydrogen-bond acceptors (Lipinski definition) is 5. The number of aliphatic hydroxyl groups excluding tert-OH is 3. The van der Waals surface area contributed by atoms with Gasteiger partial charge in [0.1, 0.15) is 18.2 Å². The molecule has 0 aromatic rings. The Morgan fingerprint density at radius 2 is 1.85 bits per heavy atom. The summed E-state index contributed by atoms with van der Waals surface area (Å²) in [6.07, 6.45) is -3.95. The van der Waals surface area contributed by atoms with Crippen LogP contribution in [0, 0.1) is 0 Å². The lowest BCUT2D eigenvalue weighted by atomic mass is 9.94. The molecule has 0 amide bonds. The monoisotopic (exact) mass is 191 g/mol. The Labute approximate surface area is 75.0 Å².